The van der Waals surface area contributed by atoms with Gasteiger partial charge in [0.2, 0.25) is 0 Å². The zero-order chi connectivity index (χ0) is 13.1. The topological polar surface area (TPSA) is 12.0 Å². The highest BCUT2D eigenvalue weighted by atomic mass is 14.9. The molecule has 1 fully saturated rings. The average Bonchev–Trinajstić information content (AvgIpc) is 2.63. The van der Waals surface area contributed by atoms with Crippen molar-refractivity contribution in [3.8, 4) is 0 Å². The van der Waals surface area contributed by atoms with Crippen LogP contribution in [0.25, 0.3) is 0 Å². The highest BCUT2D eigenvalue weighted by Crippen LogP contribution is 2.27. The van der Waals surface area contributed by atoms with Gasteiger partial charge in [0.1, 0.15) is 0 Å². The number of hydrogen-bond acceptors (Lipinski definition) is 1. The molecule has 0 bridgehead atoms. The van der Waals surface area contributed by atoms with Gasteiger partial charge in [-0.1, -0.05) is 78.1 Å². The first-order valence-corrected chi connectivity index (χ1v) is 8.60. The summed E-state index contributed by atoms with van der Waals surface area (Å²) in [6.45, 7) is 5.70. The minimum Gasteiger partial charge on any atom is -0.314 e. The van der Waals surface area contributed by atoms with Gasteiger partial charge in [-0.2, -0.15) is 0 Å². The molecule has 1 saturated carbocycles. The van der Waals surface area contributed by atoms with Crippen molar-refractivity contribution in [3.05, 3.63) is 0 Å². The Labute approximate surface area is 115 Å². The van der Waals surface area contributed by atoms with Crippen LogP contribution in [0.1, 0.15) is 90.9 Å². The molecule has 18 heavy (non-hydrogen) atoms. The van der Waals surface area contributed by atoms with Crippen molar-refractivity contribution in [1.29, 1.82) is 0 Å². The van der Waals surface area contributed by atoms with Crippen LogP contribution in [0.4, 0.5) is 0 Å². The summed E-state index contributed by atoms with van der Waals surface area (Å²) >= 11 is 0. The third kappa shape index (κ3) is 7.41. The van der Waals surface area contributed by atoms with Gasteiger partial charge in [-0.25, -0.2) is 0 Å². The molecule has 0 aromatic heterocycles. The maximum Gasteiger partial charge on any atom is 0.00695 e. The van der Waals surface area contributed by atoms with Gasteiger partial charge < -0.3 is 5.32 Å². The zero-order valence-electron chi connectivity index (χ0n) is 12.8. The minimum atomic E-state index is 0.801. The van der Waals surface area contributed by atoms with Crippen LogP contribution in [-0.4, -0.2) is 12.6 Å². The molecule has 0 spiro atoms. The predicted octanol–water partition coefficient (Wildman–Crippen LogP) is 5.30. The van der Waals surface area contributed by atoms with Crippen molar-refractivity contribution >= 4 is 0 Å². The molecule has 108 valence electrons. The van der Waals surface area contributed by atoms with Crippen LogP contribution in [0, 0.1) is 5.92 Å². The summed E-state index contributed by atoms with van der Waals surface area (Å²) in [4.78, 5) is 0. The van der Waals surface area contributed by atoms with E-state index >= 15 is 0 Å². The third-order valence-electron chi connectivity index (χ3n) is 4.49. The fraction of sp³-hybridized carbons (Fsp3) is 1.00. The third-order valence-corrected chi connectivity index (χ3v) is 4.49. The molecule has 0 aromatic rings. The Hall–Kier alpha value is -0.0400. The molecule has 0 aromatic carbocycles. The van der Waals surface area contributed by atoms with E-state index in [-0.39, 0.29) is 0 Å². The van der Waals surface area contributed by atoms with Crippen molar-refractivity contribution in [2.24, 2.45) is 5.92 Å². The van der Waals surface area contributed by atoms with Crippen molar-refractivity contribution in [3.63, 3.8) is 0 Å². The molecular formula is C17H35N. The Bertz CT molecular complexity index is 170. The lowest BCUT2D eigenvalue weighted by atomic mass is 9.90. The zero-order valence-corrected chi connectivity index (χ0v) is 12.8. The smallest absolute Gasteiger partial charge is 0.00695 e. The van der Waals surface area contributed by atoms with E-state index in [0.717, 1.165) is 18.5 Å². The molecule has 1 rings (SSSR count). The number of rotatable bonds is 9. The molecule has 0 heterocycles. The molecule has 1 aliphatic carbocycles. The van der Waals surface area contributed by atoms with Crippen LogP contribution in [0.2, 0.25) is 0 Å². The number of unbranched alkanes of at least 4 members (excludes halogenated alkanes) is 3. The lowest BCUT2D eigenvalue weighted by molar-refractivity contribution is 0.336. The lowest BCUT2D eigenvalue weighted by Gasteiger charge is -2.23. The highest BCUT2D eigenvalue weighted by molar-refractivity contribution is 4.74. The molecule has 1 N–H and O–H groups in total. The van der Waals surface area contributed by atoms with Gasteiger partial charge in [-0.05, 0) is 25.3 Å². The second-order valence-corrected chi connectivity index (χ2v) is 6.20. The van der Waals surface area contributed by atoms with E-state index in [9.17, 15) is 0 Å². The lowest BCUT2D eigenvalue weighted by Crippen LogP contribution is -2.31. The average molecular weight is 253 g/mol. The van der Waals surface area contributed by atoms with Crippen molar-refractivity contribution < 1.29 is 0 Å². The normalized spacial score (nSPS) is 19.7. The summed E-state index contributed by atoms with van der Waals surface area (Å²) in [5.41, 5.74) is 0. The molecule has 1 aliphatic rings. The van der Waals surface area contributed by atoms with E-state index in [1.165, 1.54) is 77.0 Å². The van der Waals surface area contributed by atoms with Gasteiger partial charge in [0, 0.05) is 6.04 Å². The van der Waals surface area contributed by atoms with Crippen molar-refractivity contribution in [2.45, 2.75) is 96.9 Å². The summed E-state index contributed by atoms with van der Waals surface area (Å²) in [6, 6.07) is 0.801. The Kier molecular flexibility index (Phi) is 9.65. The second-order valence-electron chi connectivity index (χ2n) is 6.20. The number of hydrogen-bond donors (Lipinski definition) is 1. The molecule has 0 radical (unpaired) electrons. The summed E-state index contributed by atoms with van der Waals surface area (Å²) in [5.74, 6) is 1.02. The van der Waals surface area contributed by atoms with Gasteiger partial charge >= 0.3 is 0 Å². The van der Waals surface area contributed by atoms with Gasteiger partial charge in [-0.15, -0.1) is 0 Å². The van der Waals surface area contributed by atoms with Crippen LogP contribution < -0.4 is 5.32 Å². The maximum absolute atomic E-state index is 3.73. The largest absolute Gasteiger partial charge is 0.314 e. The fourth-order valence-corrected chi connectivity index (χ4v) is 3.41. The Balaban J connectivity index is 2.21. The van der Waals surface area contributed by atoms with Gasteiger partial charge in [0.05, 0.1) is 0 Å². The molecule has 0 amide bonds. The van der Waals surface area contributed by atoms with Crippen molar-refractivity contribution in [1.82, 2.24) is 5.32 Å². The standard InChI is InChI=1S/C17H35N/c1-3-5-6-11-14-17(18-4-2)15-16-12-9-7-8-10-13-16/h16-18H,3-15H2,1-2H3. The van der Waals surface area contributed by atoms with E-state index in [1.807, 2.05) is 0 Å². The molecular weight excluding hydrogens is 218 g/mol. The summed E-state index contributed by atoms with van der Waals surface area (Å²) in [7, 11) is 0. The van der Waals surface area contributed by atoms with Gasteiger partial charge in [-0.3, -0.25) is 0 Å². The second kappa shape index (κ2) is 10.8. The Morgan fingerprint density at radius 1 is 0.944 bits per heavy atom. The minimum absolute atomic E-state index is 0.801. The van der Waals surface area contributed by atoms with Crippen LogP contribution in [0.3, 0.4) is 0 Å². The first-order chi connectivity index (χ1) is 8.86. The van der Waals surface area contributed by atoms with Crippen LogP contribution in [-0.2, 0) is 0 Å². The van der Waals surface area contributed by atoms with Gasteiger partial charge in [0.25, 0.3) is 0 Å². The van der Waals surface area contributed by atoms with Crippen molar-refractivity contribution in [2.75, 3.05) is 6.54 Å². The van der Waals surface area contributed by atoms with Crippen LogP contribution >= 0.6 is 0 Å². The first kappa shape index (κ1) is 16.0. The SMILES string of the molecule is CCCCCCC(CC1CCCCCC1)NCC. The molecule has 1 atom stereocenters. The van der Waals surface area contributed by atoms with Gasteiger partial charge in [0.15, 0.2) is 0 Å². The molecule has 1 unspecified atom stereocenters. The summed E-state index contributed by atoms with van der Waals surface area (Å²) in [5, 5.41) is 3.73. The summed E-state index contributed by atoms with van der Waals surface area (Å²) in [6.07, 6.45) is 17.4. The molecule has 1 heteroatoms. The molecule has 1 nitrogen and oxygen atoms in total. The quantitative estimate of drug-likeness (QED) is 0.434. The Morgan fingerprint density at radius 2 is 1.67 bits per heavy atom. The summed E-state index contributed by atoms with van der Waals surface area (Å²) < 4.78 is 0. The monoisotopic (exact) mass is 253 g/mol. The fourth-order valence-electron chi connectivity index (χ4n) is 3.41. The van der Waals surface area contributed by atoms with Crippen LogP contribution in [0.5, 0.6) is 0 Å². The molecule has 0 saturated heterocycles. The number of nitrogens with one attached hydrogen (secondary N) is 1. The maximum atomic E-state index is 3.73. The Morgan fingerprint density at radius 3 is 2.28 bits per heavy atom. The predicted molar refractivity (Wildman–Crippen MR) is 82.0 cm³/mol. The van der Waals surface area contributed by atoms with Crippen LogP contribution in [0.15, 0.2) is 0 Å². The van der Waals surface area contributed by atoms with E-state index in [0.29, 0.717) is 0 Å². The highest BCUT2D eigenvalue weighted by Gasteiger charge is 2.17. The van der Waals surface area contributed by atoms with E-state index in [2.05, 4.69) is 19.2 Å². The molecule has 0 aliphatic heterocycles. The van der Waals surface area contributed by atoms with E-state index in [4.69, 9.17) is 0 Å². The van der Waals surface area contributed by atoms with E-state index < -0.39 is 0 Å². The van der Waals surface area contributed by atoms with E-state index in [1.54, 1.807) is 0 Å². The first-order valence-electron chi connectivity index (χ1n) is 8.60.